The Labute approximate surface area is 106 Å². The van der Waals surface area contributed by atoms with E-state index in [2.05, 4.69) is 0 Å². The molecule has 0 aliphatic heterocycles. The summed E-state index contributed by atoms with van der Waals surface area (Å²) >= 11 is 5.45. The second-order valence-electron chi connectivity index (χ2n) is 3.68. The maximum Gasteiger partial charge on any atom is 0.401 e. The van der Waals surface area contributed by atoms with Crippen molar-refractivity contribution in [1.82, 2.24) is 5.32 Å². The molecule has 0 spiro atoms. The smallest absolute Gasteiger partial charge is 0.302 e. The van der Waals surface area contributed by atoms with Gasteiger partial charge in [0.05, 0.1) is 18.1 Å². The maximum atomic E-state index is 13.0. The average Bonchev–Trinajstić information content (AvgIpc) is 2.21. The third-order valence-electron chi connectivity index (χ3n) is 2.03. The van der Waals surface area contributed by atoms with E-state index in [0.717, 1.165) is 6.07 Å². The number of ketones is 1. The van der Waals surface area contributed by atoms with Gasteiger partial charge in [-0.05, 0) is 17.7 Å². The molecule has 1 N–H and O–H groups in total. The lowest BCUT2D eigenvalue weighted by molar-refractivity contribution is -0.127. The van der Waals surface area contributed by atoms with Gasteiger partial charge in [0.15, 0.2) is 5.78 Å². The van der Waals surface area contributed by atoms with Crippen molar-refractivity contribution in [2.24, 2.45) is 0 Å². The first-order valence-electron chi connectivity index (χ1n) is 5.01. The predicted octanol–water partition coefficient (Wildman–Crippen LogP) is 2.74. The van der Waals surface area contributed by atoms with Gasteiger partial charge in [-0.2, -0.15) is 13.2 Å². The molecule has 100 valence electrons. The van der Waals surface area contributed by atoms with Gasteiger partial charge in [-0.15, -0.1) is 0 Å². The molecule has 1 rings (SSSR count). The number of hydrogen-bond donors (Lipinski definition) is 1. The van der Waals surface area contributed by atoms with Crippen LogP contribution in [0.3, 0.4) is 0 Å². The Morgan fingerprint density at radius 2 is 2.00 bits per heavy atom. The zero-order valence-corrected chi connectivity index (χ0v) is 9.91. The SMILES string of the molecule is O=C(CNCC(F)(F)F)Cc1ccc(Cl)c(F)c1. The normalized spacial score (nSPS) is 11.6. The van der Waals surface area contributed by atoms with Crippen LogP contribution in [0.15, 0.2) is 18.2 Å². The van der Waals surface area contributed by atoms with E-state index in [1.54, 1.807) is 0 Å². The molecule has 0 fully saturated rings. The zero-order chi connectivity index (χ0) is 13.8. The summed E-state index contributed by atoms with van der Waals surface area (Å²) in [5, 5.41) is 1.91. The third kappa shape index (κ3) is 5.46. The van der Waals surface area contributed by atoms with E-state index >= 15 is 0 Å². The fourth-order valence-electron chi connectivity index (χ4n) is 1.28. The molecule has 0 bridgehead atoms. The van der Waals surface area contributed by atoms with Crippen LogP contribution in [-0.2, 0) is 11.2 Å². The molecule has 0 heterocycles. The van der Waals surface area contributed by atoms with Crippen LogP contribution in [0.1, 0.15) is 5.56 Å². The number of benzene rings is 1. The molecule has 7 heteroatoms. The summed E-state index contributed by atoms with van der Waals surface area (Å²) in [6.45, 7) is -1.64. The molecular formula is C11H10ClF4NO. The second kappa shape index (κ2) is 6.15. The molecule has 0 aromatic heterocycles. The highest BCUT2D eigenvalue weighted by Gasteiger charge is 2.26. The molecule has 2 nitrogen and oxygen atoms in total. The Kier molecular flexibility index (Phi) is 5.10. The first-order chi connectivity index (χ1) is 8.28. The quantitative estimate of drug-likeness (QED) is 0.842. The molecule has 0 radical (unpaired) electrons. The summed E-state index contributed by atoms with van der Waals surface area (Å²) in [5.41, 5.74) is 0.371. The molecule has 1 aromatic carbocycles. The van der Waals surface area contributed by atoms with E-state index in [1.807, 2.05) is 5.32 Å². The summed E-state index contributed by atoms with van der Waals surface area (Å²) < 4.78 is 48.4. The number of carbonyl (C=O) groups excluding carboxylic acids is 1. The fourth-order valence-corrected chi connectivity index (χ4v) is 1.40. The Morgan fingerprint density at radius 3 is 2.56 bits per heavy atom. The number of nitrogens with one attached hydrogen (secondary N) is 1. The molecule has 0 unspecified atom stereocenters. The largest absolute Gasteiger partial charge is 0.401 e. The fraction of sp³-hybridized carbons (Fsp3) is 0.364. The number of rotatable bonds is 5. The van der Waals surface area contributed by atoms with E-state index in [-0.39, 0.29) is 11.4 Å². The lowest BCUT2D eigenvalue weighted by Gasteiger charge is -2.07. The van der Waals surface area contributed by atoms with Gasteiger partial charge in [-0.25, -0.2) is 4.39 Å². The number of halogens is 5. The van der Waals surface area contributed by atoms with Gasteiger partial charge >= 0.3 is 6.18 Å². The molecule has 1 aromatic rings. The van der Waals surface area contributed by atoms with Gasteiger partial charge in [-0.1, -0.05) is 17.7 Å². The average molecular weight is 284 g/mol. The molecule has 0 saturated heterocycles. The maximum absolute atomic E-state index is 13.0. The molecule has 18 heavy (non-hydrogen) atoms. The van der Waals surface area contributed by atoms with Crippen molar-refractivity contribution in [2.45, 2.75) is 12.6 Å². The van der Waals surface area contributed by atoms with E-state index in [4.69, 9.17) is 11.6 Å². The number of carbonyl (C=O) groups is 1. The highest BCUT2D eigenvalue weighted by molar-refractivity contribution is 6.30. The highest BCUT2D eigenvalue weighted by Crippen LogP contribution is 2.16. The van der Waals surface area contributed by atoms with Crippen LogP contribution in [0, 0.1) is 5.82 Å². The molecule has 0 aliphatic rings. The Balaban J connectivity index is 2.42. The molecule has 0 atom stereocenters. The van der Waals surface area contributed by atoms with Crippen LogP contribution in [0.4, 0.5) is 17.6 Å². The standard InChI is InChI=1S/C11H10ClF4NO/c12-9-2-1-7(4-10(9)13)3-8(18)5-17-6-11(14,15)16/h1-2,4,17H,3,5-6H2. The monoisotopic (exact) mass is 283 g/mol. The summed E-state index contributed by atoms with van der Waals surface area (Å²) in [7, 11) is 0. The van der Waals surface area contributed by atoms with Crippen molar-refractivity contribution in [1.29, 1.82) is 0 Å². The van der Waals surface area contributed by atoms with Crippen molar-refractivity contribution < 1.29 is 22.4 Å². The summed E-state index contributed by atoms with van der Waals surface area (Å²) in [5.74, 6) is -1.12. The Bertz CT molecular complexity index is 434. The van der Waals surface area contributed by atoms with E-state index in [0.29, 0.717) is 5.56 Å². The van der Waals surface area contributed by atoms with Gasteiger partial charge in [0.25, 0.3) is 0 Å². The van der Waals surface area contributed by atoms with Crippen molar-refractivity contribution in [3.8, 4) is 0 Å². The number of alkyl halides is 3. The summed E-state index contributed by atoms with van der Waals surface area (Å²) in [6.07, 6.45) is -4.49. The third-order valence-corrected chi connectivity index (χ3v) is 2.34. The van der Waals surface area contributed by atoms with Crippen molar-refractivity contribution >= 4 is 17.4 Å². The van der Waals surface area contributed by atoms with Gasteiger partial charge < -0.3 is 5.32 Å². The van der Waals surface area contributed by atoms with Crippen LogP contribution in [0.2, 0.25) is 5.02 Å². The van der Waals surface area contributed by atoms with Crippen LogP contribution < -0.4 is 5.32 Å². The van der Waals surface area contributed by atoms with Crippen molar-refractivity contribution in [3.05, 3.63) is 34.6 Å². The molecule has 0 aliphatic carbocycles. The van der Waals surface area contributed by atoms with Gasteiger partial charge in [0.2, 0.25) is 0 Å². The van der Waals surface area contributed by atoms with E-state index in [1.165, 1.54) is 12.1 Å². The number of hydrogen-bond acceptors (Lipinski definition) is 2. The number of Topliss-reactive ketones (excluding diaryl/α,β-unsaturated/α-hetero) is 1. The van der Waals surface area contributed by atoms with Gasteiger partial charge in [0, 0.05) is 6.42 Å². The summed E-state index contributed by atoms with van der Waals surface area (Å²) in [4.78, 5) is 11.3. The predicted molar refractivity (Wildman–Crippen MR) is 59.0 cm³/mol. The van der Waals surface area contributed by atoms with Crippen LogP contribution in [0.5, 0.6) is 0 Å². The molecular weight excluding hydrogens is 274 g/mol. The lowest BCUT2D eigenvalue weighted by atomic mass is 10.1. The highest BCUT2D eigenvalue weighted by atomic mass is 35.5. The Morgan fingerprint density at radius 1 is 1.33 bits per heavy atom. The Hall–Kier alpha value is -1.14. The van der Waals surface area contributed by atoms with Crippen LogP contribution in [-0.4, -0.2) is 25.0 Å². The second-order valence-corrected chi connectivity index (χ2v) is 4.09. The minimum atomic E-state index is -4.35. The zero-order valence-electron chi connectivity index (χ0n) is 9.15. The van der Waals surface area contributed by atoms with E-state index in [9.17, 15) is 22.4 Å². The van der Waals surface area contributed by atoms with Gasteiger partial charge in [-0.3, -0.25) is 4.79 Å². The van der Waals surface area contributed by atoms with E-state index < -0.39 is 30.9 Å². The topological polar surface area (TPSA) is 29.1 Å². The first-order valence-corrected chi connectivity index (χ1v) is 5.39. The minimum absolute atomic E-state index is 0.0682. The first kappa shape index (κ1) is 14.9. The summed E-state index contributed by atoms with van der Waals surface area (Å²) in [6, 6.07) is 3.83. The molecule has 0 saturated carbocycles. The molecule has 0 amide bonds. The van der Waals surface area contributed by atoms with Crippen LogP contribution >= 0.6 is 11.6 Å². The lowest BCUT2D eigenvalue weighted by Crippen LogP contribution is -2.33. The van der Waals surface area contributed by atoms with Crippen molar-refractivity contribution in [2.75, 3.05) is 13.1 Å². The minimum Gasteiger partial charge on any atom is -0.302 e. The van der Waals surface area contributed by atoms with Gasteiger partial charge in [0.1, 0.15) is 5.82 Å². The van der Waals surface area contributed by atoms with Crippen molar-refractivity contribution in [3.63, 3.8) is 0 Å². The van der Waals surface area contributed by atoms with Crippen LogP contribution in [0.25, 0.3) is 0 Å².